The molecule has 1 aliphatic rings. The summed E-state index contributed by atoms with van der Waals surface area (Å²) in [6.07, 6.45) is 2.21. The second kappa shape index (κ2) is 6.63. The van der Waals surface area contributed by atoms with Crippen LogP contribution in [0.4, 0.5) is 0 Å². The molecule has 22 heavy (non-hydrogen) atoms. The zero-order chi connectivity index (χ0) is 15.5. The molecule has 2 aromatic rings. The smallest absolute Gasteiger partial charge is 0.0699 e. The van der Waals surface area contributed by atoms with E-state index in [9.17, 15) is 0 Å². The second-order valence-electron chi connectivity index (χ2n) is 6.56. The van der Waals surface area contributed by atoms with Gasteiger partial charge in [-0.1, -0.05) is 32.0 Å². The molecule has 0 aliphatic carbocycles. The highest BCUT2D eigenvalue weighted by molar-refractivity contribution is 5.33. The Hall–Kier alpha value is -1.65. The standard InChI is InChI=1S/C18H26N4/c1-14(2)18-16(12-21-10-9-19-15(3)11-21)13-22(20-18)17-7-5-4-6-8-17/h4-8,13-15,19H,9-12H2,1-3H3/t15-/m0/s1. The average molecular weight is 298 g/mol. The average Bonchev–Trinajstić information content (AvgIpc) is 2.92. The van der Waals surface area contributed by atoms with Gasteiger partial charge in [0.2, 0.25) is 0 Å². The zero-order valence-electron chi connectivity index (χ0n) is 13.8. The SMILES string of the molecule is CC(C)c1nn(-c2ccccc2)cc1CN1CCN[C@@H](C)C1. The van der Waals surface area contributed by atoms with Gasteiger partial charge in [-0.05, 0) is 25.0 Å². The van der Waals surface area contributed by atoms with Crippen molar-refractivity contribution < 1.29 is 0 Å². The molecule has 3 rings (SSSR count). The summed E-state index contributed by atoms with van der Waals surface area (Å²) in [6, 6.07) is 10.9. The first-order valence-corrected chi connectivity index (χ1v) is 8.23. The summed E-state index contributed by atoms with van der Waals surface area (Å²) < 4.78 is 2.02. The van der Waals surface area contributed by atoms with Crippen molar-refractivity contribution in [3.05, 3.63) is 47.8 Å². The molecule has 0 radical (unpaired) electrons. The molecule has 0 spiro atoms. The fourth-order valence-corrected chi connectivity index (χ4v) is 3.14. The summed E-state index contributed by atoms with van der Waals surface area (Å²) in [4.78, 5) is 2.53. The molecule has 0 bridgehead atoms. The van der Waals surface area contributed by atoms with E-state index in [0.29, 0.717) is 12.0 Å². The molecule has 1 N–H and O–H groups in total. The molecule has 0 unspecified atom stereocenters. The molecule has 0 amide bonds. The lowest BCUT2D eigenvalue weighted by Gasteiger charge is -2.31. The molecule has 1 saturated heterocycles. The van der Waals surface area contributed by atoms with Crippen LogP contribution in [0, 0.1) is 0 Å². The minimum absolute atomic E-state index is 0.445. The lowest BCUT2D eigenvalue weighted by Crippen LogP contribution is -2.48. The van der Waals surface area contributed by atoms with E-state index < -0.39 is 0 Å². The summed E-state index contributed by atoms with van der Waals surface area (Å²) in [7, 11) is 0. The van der Waals surface area contributed by atoms with Gasteiger partial charge < -0.3 is 5.32 Å². The third-order valence-electron chi connectivity index (χ3n) is 4.24. The maximum atomic E-state index is 4.84. The number of aromatic nitrogens is 2. The first kappa shape index (κ1) is 15.3. The van der Waals surface area contributed by atoms with E-state index in [1.54, 1.807) is 0 Å². The number of para-hydroxylation sites is 1. The Morgan fingerprint density at radius 3 is 2.73 bits per heavy atom. The lowest BCUT2D eigenvalue weighted by atomic mass is 10.1. The molecule has 1 aliphatic heterocycles. The first-order chi connectivity index (χ1) is 10.6. The van der Waals surface area contributed by atoms with Gasteiger partial charge in [-0.3, -0.25) is 4.90 Å². The van der Waals surface area contributed by atoms with Crippen LogP contribution in [0.3, 0.4) is 0 Å². The highest BCUT2D eigenvalue weighted by atomic mass is 15.3. The minimum atomic E-state index is 0.445. The summed E-state index contributed by atoms with van der Waals surface area (Å²) in [5.41, 5.74) is 3.70. The molecule has 1 fully saturated rings. The number of nitrogens with one attached hydrogen (secondary N) is 1. The van der Waals surface area contributed by atoms with Crippen LogP contribution in [0.15, 0.2) is 36.5 Å². The molecule has 4 nitrogen and oxygen atoms in total. The van der Waals surface area contributed by atoms with E-state index in [1.165, 1.54) is 11.3 Å². The highest BCUT2D eigenvalue weighted by Gasteiger charge is 2.20. The number of rotatable bonds is 4. The van der Waals surface area contributed by atoms with Gasteiger partial charge in [0.05, 0.1) is 11.4 Å². The van der Waals surface area contributed by atoms with Gasteiger partial charge in [-0.25, -0.2) is 4.68 Å². The largest absolute Gasteiger partial charge is 0.312 e. The third kappa shape index (κ3) is 3.39. The Balaban J connectivity index is 1.84. The fourth-order valence-electron chi connectivity index (χ4n) is 3.14. The molecular weight excluding hydrogens is 272 g/mol. The van der Waals surface area contributed by atoms with E-state index in [0.717, 1.165) is 31.9 Å². The predicted octanol–water partition coefficient (Wildman–Crippen LogP) is 2.79. The van der Waals surface area contributed by atoms with Gasteiger partial charge >= 0.3 is 0 Å². The minimum Gasteiger partial charge on any atom is -0.312 e. The topological polar surface area (TPSA) is 33.1 Å². The second-order valence-corrected chi connectivity index (χ2v) is 6.56. The van der Waals surface area contributed by atoms with Crippen LogP contribution in [0.2, 0.25) is 0 Å². The summed E-state index contributed by atoms with van der Waals surface area (Å²) in [5.74, 6) is 0.445. The molecule has 0 saturated carbocycles. The molecule has 4 heteroatoms. The fraction of sp³-hybridized carbons (Fsp3) is 0.500. The zero-order valence-corrected chi connectivity index (χ0v) is 13.8. The predicted molar refractivity (Wildman–Crippen MR) is 90.4 cm³/mol. The Morgan fingerprint density at radius 1 is 1.27 bits per heavy atom. The van der Waals surface area contributed by atoms with E-state index in [4.69, 9.17) is 5.10 Å². The van der Waals surface area contributed by atoms with Crippen molar-refractivity contribution in [3.63, 3.8) is 0 Å². The van der Waals surface area contributed by atoms with Crippen LogP contribution < -0.4 is 5.32 Å². The van der Waals surface area contributed by atoms with E-state index >= 15 is 0 Å². The Kier molecular flexibility index (Phi) is 4.60. The van der Waals surface area contributed by atoms with Crippen molar-refractivity contribution in [1.29, 1.82) is 0 Å². The Bertz CT molecular complexity index is 603. The van der Waals surface area contributed by atoms with Gasteiger partial charge in [-0.15, -0.1) is 0 Å². The van der Waals surface area contributed by atoms with Gasteiger partial charge in [-0.2, -0.15) is 5.10 Å². The number of benzene rings is 1. The van der Waals surface area contributed by atoms with Crippen molar-refractivity contribution in [2.45, 2.75) is 39.3 Å². The lowest BCUT2D eigenvalue weighted by molar-refractivity contribution is 0.199. The van der Waals surface area contributed by atoms with Crippen molar-refractivity contribution in [2.24, 2.45) is 0 Å². The molecule has 1 aromatic heterocycles. The molecular formula is C18H26N4. The normalized spacial score (nSPS) is 19.7. The van der Waals surface area contributed by atoms with Crippen LogP contribution in [-0.2, 0) is 6.54 Å². The number of piperazine rings is 1. The summed E-state index contributed by atoms with van der Waals surface area (Å²) in [6.45, 7) is 11.0. The van der Waals surface area contributed by atoms with E-state index in [2.05, 4.69) is 61.5 Å². The number of nitrogens with zero attached hydrogens (tertiary/aromatic N) is 3. The van der Waals surface area contributed by atoms with Crippen LogP contribution in [-0.4, -0.2) is 40.4 Å². The quantitative estimate of drug-likeness (QED) is 0.942. The summed E-state index contributed by atoms with van der Waals surface area (Å²) in [5, 5.41) is 8.34. The third-order valence-corrected chi connectivity index (χ3v) is 4.24. The first-order valence-electron chi connectivity index (χ1n) is 8.23. The molecule has 118 valence electrons. The van der Waals surface area contributed by atoms with E-state index in [-0.39, 0.29) is 0 Å². The van der Waals surface area contributed by atoms with Crippen LogP contribution in [0.25, 0.3) is 5.69 Å². The molecule has 2 heterocycles. The van der Waals surface area contributed by atoms with Gasteiger partial charge in [0.1, 0.15) is 0 Å². The van der Waals surface area contributed by atoms with Crippen molar-refractivity contribution >= 4 is 0 Å². The van der Waals surface area contributed by atoms with Crippen LogP contribution in [0.1, 0.15) is 37.9 Å². The van der Waals surface area contributed by atoms with Crippen molar-refractivity contribution in [3.8, 4) is 5.69 Å². The monoisotopic (exact) mass is 298 g/mol. The Morgan fingerprint density at radius 2 is 2.05 bits per heavy atom. The highest BCUT2D eigenvalue weighted by Crippen LogP contribution is 2.21. The van der Waals surface area contributed by atoms with Gasteiger partial charge in [0.15, 0.2) is 0 Å². The number of hydrogen-bond donors (Lipinski definition) is 1. The van der Waals surface area contributed by atoms with Crippen LogP contribution in [0.5, 0.6) is 0 Å². The number of hydrogen-bond acceptors (Lipinski definition) is 3. The van der Waals surface area contributed by atoms with Gasteiger partial charge in [0.25, 0.3) is 0 Å². The maximum Gasteiger partial charge on any atom is 0.0699 e. The van der Waals surface area contributed by atoms with Gasteiger partial charge in [0, 0.05) is 44.0 Å². The van der Waals surface area contributed by atoms with Crippen molar-refractivity contribution in [1.82, 2.24) is 20.0 Å². The Labute approximate surface area is 133 Å². The van der Waals surface area contributed by atoms with Crippen LogP contribution >= 0.6 is 0 Å². The van der Waals surface area contributed by atoms with E-state index in [1.807, 2.05) is 10.7 Å². The maximum absolute atomic E-state index is 4.84. The molecule has 1 aromatic carbocycles. The van der Waals surface area contributed by atoms with Crippen molar-refractivity contribution in [2.75, 3.05) is 19.6 Å². The molecule has 1 atom stereocenters. The summed E-state index contributed by atoms with van der Waals surface area (Å²) >= 11 is 0.